The van der Waals surface area contributed by atoms with Crippen molar-refractivity contribution in [3.8, 4) is 0 Å². The van der Waals surface area contributed by atoms with E-state index in [4.69, 9.17) is 27.6 Å². The highest BCUT2D eigenvalue weighted by Gasteiger charge is 2.15. The average molecular weight is 270 g/mol. The van der Waals surface area contributed by atoms with Gasteiger partial charge < -0.3 is 9.73 Å². The Morgan fingerprint density at radius 3 is 2.71 bits per heavy atom. The smallest absolute Gasteiger partial charge is 0.105 e. The molecule has 0 amide bonds. The Morgan fingerprint density at radius 2 is 2.12 bits per heavy atom. The summed E-state index contributed by atoms with van der Waals surface area (Å²) < 4.78 is 5.34. The summed E-state index contributed by atoms with van der Waals surface area (Å²) in [7, 11) is 1.90. The van der Waals surface area contributed by atoms with Gasteiger partial charge in [0, 0.05) is 22.5 Å². The Balaban J connectivity index is 2.23. The maximum absolute atomic E-state index is 6.19. The lowest BCUT2D eigenvalue weighted by atomic mass is 10.0. The van der Waals surface area contributed by atoms with Crippen LogP contribution in [0.5, 0.6) is 0 Å². The van der Waals surface area contributed by atoms with E-state index in [-0.39, 0.29) is 6.04 Å². The van der Waals surface area contributed by atoms with Gasteiger partial charge in [0.05, 0.1) is 6.26 Å². The van der Waals surface area contributed by atoms with Crippen molar-refractivity contribution < 1.29 is 4.42 Å². The monoisotopic (exact) mass is 269 g/mol. The molecule has 90 valence electrons. The molecule has 2 aromatic rings. The molecule has 0 radical (unpaired) electrons. The van der Waals surface area contributed by atoms with E-state index in [0.29, 0.717) is 10.0 Å². The number of halogens is 2. The van der Waals surface area contributed by atoms with Gasteiger partial charge in [-0.1, -0.05) is 29.3 Å². The summed E-state index contributed by atoms with van der Waals surface area (Å²) in [5.74, 6) is 0.926. The highest BCUT2D eigenvalue weighted by atomic mass is 35.5. The molecule has 0 saturated heterocycles. The molecular weight excluding hydrogens is 257 g/mol. The first-order valence-corrected chi connectivity index (χ1v) is 6.11. The predicted octanol–water partition coefficient (Wildman–Crippen LogP) is 4.09. The van der Waals surface area contributed by atoms with E-state index in [0.717, 1.165) is 17.7 Å². The van der Waals surface area contributed by atoms with Crippen LogP contribution < -0.4 is 5.32 Å². The molecule has 1 unspecified atom stereocenters. The maximum atomic E-state index is 6.19. The number of hydrogen-bond donors (Lipinski definition) is 1. The molecule has 1 atom stereocenters. The zero-order chi connectivity index (χ0) is 12.3. The van der Waals surface area contributed by atoms with Crippen LogP contribution in [-0.2, 0) is 6.42 Å². The molecule has 0 saturated carbocycles. The second-order valence-corrected chi connectivity index (χ2v) is 4.63. The second kappa shape index (κ2) is 5.58. The molecule has 0 fully saturated rings. The van der Waals surface area contributed by atoms with E-state index in [1.807, 2.05) is 31.3 Å². The molecule has 1 N–H and O–H groups in total. The van der Waals surface area contributed by atoms with Crippen LogP contribution in [0.15, 0.2) is 41.0 Å². The van der Waals surface area contributed by atoms with Crippen LogP contribution in [-0.4, -0.2) is 7.05 Å². The molecule has 17 heavy (non-hydrogen) atoms. The van der Waals surface area contributed by atoms with Gasteiger partial charge in [-0.3, -0.25) is 0 Å². The molecule has 2 rings (SSSR count). The Morgan fingerprint density at radius 1 is 1.29 bits per heavy atom. The van der Waals surface area contributed by atoms with Crippen molar-refractivity contribution in [1.82, 2.24) is 5.32 Å². The Kier molecular flexibility index (Phi) is 4.11. The van der Waals surface area contributed by atoms with Crippen molar-refractivity contribution >= 4 is 23.2 Å². The summed E-state index contributed by atoms with van der Waals surface area (Å²) >= 11 is 12.1. The predicted molar refractivity (Wildman–Crippen MR) is 70.7 cm³/mol. The van der Waals surface area contributed by atoms with Crippen molar-refractivity contribution in [2.24, 2.45) is 0 Å². The van der Waals surface area contributed by atoms with E-state index in [2.05, 4.69) is 5.32 Å². The van der Waals surface area contributed by atoms with E-state index in [1.54, 1.807) is 12.3 Å². The van der Waals surface area contributed by atoms with Crippen LogP contribution in [0.4, 0.5) is 0 Å². The fraction of sp³-hybridized carbons (Fsp3) is 0.231. The molecule has 0 bridgehead atoms. The minimum Gasteiger partial charge on any atom is -0.469 e. The highest BCUT2D eigenvalue weighted by molar-refractivity contribution is 6.35. The Hall–Kier alpha value is -0.960. The molecule has 2 nitrogen and oxygen atoms in total. The number of benzene rings is 1. The van der Waals surface area contributed by atoms with E-state index in [1.165, 1.54) is 0 Å². The zero-order valence-electron chi connectivity index (χ0n) is 9.41. The topological polar surface area (TPSA) is 25.2 Å². The molecule has 4 heteroatoms. The second-order valence-electron chi connectivity index (χ2n) is 3.79. The lowest BCUT2D eigenvalue weighted by Gasteiger charge is -2.17. The minimum absolute atomic E-state index is 0.117. The summed E-state index contributed by atoms with van der Waals surface area (Å²) in [5, 5.41) is 4.54. The van der Waals surface area contributed by atoms with Crippen LogP contribution in [0.2, 0.25) is 10.0 Å². The van der Waals surface area contributed by atoms with Gasteiger partial charge in [0.1, 0.15) is 5.76 Å². The molecule has 1 heterocycles. The largest absolute Gasteiger partial charge is 0.469 e. The van der Waals surface area contributed by atoms with Gasteiger partial charge in [-0.2, -0.15) is 0 Å². The van der Waals surface area contributed by atoms with Gasteiger partial charge in [-0.05, 0) is 36.9 Å². The van der Waals surface area contributed by atoms with E-state index >= 15 is 0 Å². The fourth-order valence-electron chi connectivity index (χ4n) is 1.78. The average Bonchev–Trinajstić information content (AvgIpc) is 2.79. The normalized spacial score (nSPS) is 12.6. The first-order chi connectivity index (χ1) is 8.20. The first-order valence-electron chi connectivity index (χ1n) is 5.35. The number of rotatable bonds is 4. The van der Waals surface area contributed by atoms with Gasteiger partial charge in [0.2, 0.25) is 0 Å². The molecule has 0 aliphatic rings. The lowest BCUT2D eigenvalue weighted by Crippen LogP contribution is -2.19. The number of nitrogens with one attached hydrogen (secondary N) is 1. The Bertz CT molecular complexity index is 482. The van der Waals surface area contributed by atoms with Gasteiger partial charge in [0.25, 0.3) is 0 Å². The van der Waals surface area contributed by atoms with Gasteiger partial charge in [0.15, 0.2) is 0 Å². The van der Waals surface area contributed by atoms with Gasteiger partial charge in [-0.15, -0.1) is 0 Å². The molecular formula is C13H13Cl2NO. The maximum Gasteiger partial charge on any atom is 0.105 e. The quantitative estimate of drug-likeness (QED) is 0.905. The van der Waals surface area contributed by atoms with Crippen molar-refractivity contribution in [2.45, 2.75) is 12.5 Å². The first kappa shape index (κ1) is 12.5. The van der Waals surface area contributed by atoms with Gasteiger partial charge >= 0.3 is 0 Å². The number of furan rings is 1. The number of hydrogen-bond acceptors (Lipinski definition) is 2. The summed E-state index contributed by atoms with van der Waals surface area (Å²) in [6, 6.07) is 9.49. The van der Waals surface area contributed by atoms with Crippen molar-refractivity contribution in [2.75, 3.05) is 7.05 Å². The zero-order valence-corrected chi connectivity index (χ0v) is 10.9. The summed E-state index contributed by atoms with van der Waals surface area (Å²) in [6.07, 6.45) is 2.43. The Labute approximate surface area is 111 Å². The fourth-order valence-corrected chi connectivity index (χ4v) is 2.32. The SMILES string of the molecule is CNC(Cc1ccco1)c1ccc(Cl)cc1Cl. The molecule has 0 spiro atoms. The van der Waals surface area contributed by atoms with Crippen LogP contribution in [0.1, 0.15) is 17.4 Å². The third-order valence-electron chi connectivity index (χ3n) is 2.67. The summed E-state index contributed by atoms with van der Waals surface area (Å²) in [6.45, 7) is 0. The van der Waals surface area contributed by atoms with Crippen LogP contribution in [0.3, 0.4) is 0 Å². The van der Waals surface area contributed by atoms with Crippen molar-refractivity contribution in [1.29, 1.82) is 0 Å². The molecule has 0 aliphatic heterocycles. The molecule has 0 aliphatic carbocycles. The third kappa shape index (κ3) is 3.03. The summed E-state index contributed by atoms with van der Waals surface area (Å²) in [4.78, 5) is 0. The summed E-state index contributed by atoms with van der Waals surface area (Å²) in [5.41, 5.74) is 1.02. The standard InChI is InChI=1S/C13H13Cl2NO/c1-16-13(8-10-3-2-6-17-10)11-5-4-9(14)7-12(11)15/h2-7,13,16H,8H2,1H3. The lowest BCUT2D eigenvalue weighted by molar-refractivity contribution is 0.466. The van der Waals surface area contributed by atoms with Crippen LogP contribution in [0, 0.1) is 0 Å². The van der Waals surface area contributed by atoms with Crippen LogP contribution in [0.25, 0.3) is 0 Å². The van der Waals surface area contributed by atoms with Crippen molar-refractivity contribution in [3.05, 3.63) is 58.0 Å². The van der Waals surface area contributed by atoms with Crippen LogP contribution >= 0.6 is 23.2 Å². The molecule has 1 aromatic carbocycles. The third-order valence-corrected chi connectivity index (χ3v) is 3.23. The minimum atomic E-state index is 0.117. The van der Waals surface area contributed by atoms with Crippen molar-refractivity contribution in [3.63, 3.8) is 0 Å². The van der Waals surface area contributed by atoms with E-state index < -0.39 is 0 Å². The highest BCUT2D eigenvalue weighted by Crippen LogP contribution is 2.28. The number of likely N-dealkylation sites (N-methyl/N-ethyl adjacent to an activating group) is 1. The van der Waals surface area contributed by atoms with Gasteiger partial charge in [-0.25, -0.2) is 0 Å². The molecule has 1 aromatic heterocycles. The van der Waals surface area contributed by atoms with E-state index in [9.17, 15) is 0 Å².